The smallest absolute Gasteiger partial charge is 0.125 e. The molecule has 0 saturated carbocycles. The van der Waals surface area contributed by atoms with Gasteiger partial charge in [0, 0.05) is 12.0 Å². The van der Waals surface area contributed by atoms with Crippen LogP contribution >= 0.6 is 0 Å². The van der Waals surface area contributed by atoms with Gasteiger partial charge in [0.1, 0.15) is 5.75 Å². The molecular weight excluding hydrogens is 176 g/mol. The monoisotopic (exact) mass is 192 g/mol. The Bertz CT molecular complexity index is 320. The predicted octanol–water partition coefficient (Wildman–Crippen LogP) is 2.46. The van der Waals surface area contributed by atoms with E-state index < -0.39 is 0 Å². The zero-order valence-electron chi connectivity index (χ0n) is 8.49. The first kappa shape index (κ1) is 9.53. The molecule has 0 aliphatic carbocycles. The Morgan fingerprint density at radius 2 is 2.36 bits per heavy atom. The van der Waals surface area contributed by atoms with Crippen LogP contribution in [0, 0.1) is 0 Å². The van der Waals surface area contributed by atoms with Crippen molar-refractivity contribution in [3.05, 3.63) is 29.3 Å². The van der Waals surface area contributed by atoms with Crippen molar-refractivity contribution in [2.75, 3.05) is 6.61 Å². The summed E-state index contributed by atoms with van der Waals surface area (Å²) >= 11 is 0. The van der Waals surface area contributed by atoms with Gasteiger partial charge in [-0.2, -0.15) is 0 Å². The van der Waals surface area contributed by atoms with Crippen LogP contribution in [-0.2, 0) is 6.42 Å². The molecule has 1 aromatic rings. The summed E-state index contributed by atoms with van der Waals surface area (Å²) in [7, 11) is 0. The van der Waals surface area contributed by atoms with Gasteiger partial charge in [-0.3, -0.25) is 0 Å². The second kappa shape index (κ2) is 4.01. The number of benzene rings is 1. The molecule has 14 heavy (non-hydrogen) atoms. The van der Waals surface area contributed by atoms with E-state index in [9.17, 15) is 5.11 Å². The quantitative estimate of drug-likeness (QED) is 0.780. The number of ether oxygens (including phenoxy) is 1. The van der Waals surface area contributed by atoms with Gasteiger partial charge >= 0.3 is 0 Å². The van der Waals surface area contributed by atoms with Gasteiger partial charge in [-0.1, -0.05) is 19.4 Å². The normalized spacial score (nSPS) is 20.0. The third-order valence-corrected chi connectivity index (χ3v) is 2.62. The van der Waals surface area contributed by atoms with Crippen molar-refractivity contribution in [2.45, 2.75) is 32.3 Å². The first-order chi connectivity index (χ1) is 6.81. The molecule has 1 heterocycles. The summed E-state index contributed by atoms with van der Waals surface area (Å²) in [5.41, 5.74) is 2.25. The van der Waals surface area contributed by atoms with Gasteiger partial charge in [0.2, 0.25) is 0 Å². The minimum Gasteiger partial charge on any atom is -0.493 e. The van der Waals surface area contributed by atoms with Gasteiger partial charge in [-0.05, 0) is 24.1 Å². The van der Waals surface area contributed by atoms with Gasteiger partial charge in [-0.25, -0.2) is 0 Å². The highest BCUT2D eigenvalue weighted by Crippen LogP contribution is 2.32. The van der Waals surface area contributed by atoms with Crippen LogP contribution in [0.25, 0.3) is 0 Å². The minimum atomic E-state index is -0.337. The van der Waals surface area contributed by atoms with E-state index in [1.807, 2.05) is 6.07 Å². The molecule has 0 bridgehead atoms. The molecule has 1 N–H and O–H groups in total. The van der Waals surface area contributed by atoms with Gasteiger partial charge < -0.3 is 9.84 Å². The zero-order valence-corrected chi connectivity index (χ0v) is 8.49. The Kier molecular flexibility index (Phi) is 2.73. The standard InChI is InChI=1S/C12H16O2/c1-2-3-9-4-5-12-10(8-9)11(13)6-7-14-12/h4-5,8,11,13H,2-3,6-7H2,1H3. The zero-order chi connectivity index (χ0) is 9.97. The van der Waals surface area contributed by atoms with E-state index in [1.165, 1.54) is 5.56 Å². The molecule has 1 aliphatic heterocycles. The molecule has 0 fully saturated rings. The highest BCUT2D eigenvalue weighted by molar-refractivity contribution is 5.40. The lowest BCUT2D eigenvalue weighted by atomic mass is 9.99. The van der Waals surface area contributed by atoms with Crippen molar-refractivity contribution in [1.29, 1.82) is 0 Å². The third kappa shape index (κ3) is 1.75. The molecule has 1 aliphatic rings. The molecule has 1 unspecified atom stereocenters. The summed E-state index contributed by atoms with van der Waals surface area (Å²) < 4.78 is 5.47. The fraction of sp³-hybridized carbons (Fsp3) is 0.500. The van der Waals surface area contributed by atoms with Crippen LogP contribution < -0.4 is 4.74 Å². The number of aliphatic hydroxyl groups excluding tert-OH is 1. The number of rotatable bonds is 2. The fourth-order valence-corrected chi connectivity index (χ4v) is 1.87. The van der Waals surface area contributed by atoms with E-state index in [4.69, 9.17) is 4.74 Å². The number of aliphatic hydroxyl groups is 1. The largest absolute Gasteiger partial charge is 0.493 e. The van der Waals surface area contributed by atoms with Crippen LogP contribution in [-0.4, -0.2) is 11.7 Å². The average Bonchev–Trinajstić information content (AvgIpc) is 2.20. The second-order valence-corrected chi connectivity index (χ2v) is 3.78. The molecule has 0 aromatic heterocycles. The summed E-state index contributed by atoms with van der Waals surface area (Å²) in [6, 6.07) is 6.13. The summed E-state index contributed by atoms with van der Waals surface area (Å²) in [5.74, 6) is 0.851. The van der Waals surface area contributed by atoms with Crippen molar-refractivity contribution in [1.82, 2.24) is 0 Å². The highest BCUT2D eigenvalue weighted by Gasteiger charge is 2.18. The lowest BCUT2D eigenvalue weighted by Gasteiger charge is -2.22. The van der Waals surface area contributed by atoms with Crippen LogP contribution in [0.2, 0.25) is 0 Å². The first-order valence-corrected chi connectivity index (χ1v) is 5.25. The number of fused-ring (bicyclic) bond motifs is 1. The predicted molar refractivity (Wildman–Crippen MR) is 55.5 cm³/mol. The molecule has 2 nitrogen and oxygen atoms in total. The fourth-order valence-electron chi connectivity index (χ4n) is 1.87. The van der Waals surface area contributed by atoms with Crippen LogP contribution in [0.1, 0.15) is 37.0 Å². The summed E-state index contributed by atoms with van der Waals surface area (Å²) in [6.07, 6.45) is 2.58. The maximum atomic E-state index is 9.77. The molecule has 0 radical (unpaired) electrons. The molecule has 1 atom stereocenters. The molecule has 2 heteroatoms. The third-order valence-electron chi connectivity index (χ3n) is 2.62. The van der Waals surface area contributed by atoms with E-state index >= 15 is 0 Å². The lowest BCUT2D eigenvalue weighted by molar-refractivity contribution is 0.115. The topological polar surface area (TPSA) is 29.5 Å². The molecule has 76 valence electrons. The molecule has 0 spiro atoms. The molecular formula is C12H16O2. The Balaban J connectivity index is 2.31. The van der Waals surface area contributed by atoms with Gasteiger partial charge in [0.25, 0.3) is 0 Å². The minimum absolute atomic E-state index is 0.337. The molecule has 0 amide bonds. The van der Waals surface area contributed by atoms with E-state index in [0.29, 0.717) is 13.0 Å². The van der Waals surface area contributed by atoms with Crippen molar-refractivity contribution < 1.29 is 9.84 Å². The van der Waals surface area contributed by atoms with Crippen molar-refractivity contribution in [2.24, 2.45) is 0 Å². The highest BCUT2D eigenvalue weighted by atomic mass is 16.5. The maximum absolute atomic E-state index is 9.77. The average molecular weight is 192 g/mol. The molecule has 1 aromatic carbocycles. The Morgan fingerprint density at radius 1 is 1.50 bits per heavy atom. The molecule has 2 rings (SSSR count). The first-order valence-electron chi connectivity index (χ1n) is 5.25. The maximum Gasteiger partial charge on any atom is 0.125 e. The number of hydrogen-bond donors (Lipinski definition) is 1. The second-order valence-electron chi connectivity index (χ2n) is 3.78. The van der Waals surface area contributed by atoms with Gasteiger partial charge in [0.05, 0.1) is 12.7 Å². The van der Waals surface area contributed by atoms with E-state index in [2.05, 4.69) is 19.1 Å². The van der Waals surface area contributed by atoms with Crippen molar-refractivity contribution >= 4 is 0 Å². The van der Waals surface area contributed by atoms with Crippen LogP contribution in [0.5, 0.6) is 5.75 Å². The Hall–Kier alpha value is -1.02. The van der Waals surface area contributed by atoms with Crippen LogP contribution in [0.15, 0.2) is 18.2 Å². The van der Waals surface area contributed by atoms with Crippen LogP contribution in [0.4, 0.5) is 0 Å². The van der Waals surface area contributed by atoms with Crippen molar-refractivity contribution in [3.63, 3.8) is 0 Å². The number of aryl methyl sites for hydroxylation is 1. The van der Waals surface area contributed by atoms with E-state index in [-0.39, 0.29) is 6.10 Å². The van der Waals surface area contributed by atoms with Crippen LogP contribution in [0.3, 0.4) is 0 Å². The lowest BCUT2D eigenvalue weighted by Crippen LogP contribution is -2.13. The number of hydrogen-bond acceptors (Lipinski definition) is 2. The van der Waals surface area contributed by atoms with E-state index in [1.54, 1.807) is 0 Å². The molecule has 0 saturated heterocycles. The van der Waals surface area contributed by atoms with Gasteiger partial charge in [-0.15, -0.1) is 0 Å². The summed E-state index contributed by atoms with van der Waals surface area (Å²) in [4.78, 5) is 0. The van der Waals surface area contributed by atoms with Crippen molar-refractivity contribution in [3.8, 4) is 5.75 Å². The van der Waals surface area contributed by atoms with Gasteiger partial charge in [0.15, 0.2) is 0 Å². The Morgan fingerprint density at radius 3 is 3.14 bits per heavy atom. The SMILES string of the molecule is CCCc1ccc2c(c1)C(O)CCO2. The Labute approximate surface area is 84.5 Å². The summed E-state index contributed by atoms with van der Waals surface area (Å²) in [6.45, 7) is 2.79. The van der Waals surface area contributed by atoms with E-state index in [0.717, 1.165) is 24.2 Å². The summed E-state index contributed by atoms with van der Waals surface area (Å²) in [5, 5.41) is 9.77.